The lowest BCUT2D eigenvalue weighted by Gasteiger charge is -2.34. The average Bonchev–Trinajstić information content (AvgIpc) is 3.09. The van der Waals surface area contributed by atoms with Gasteiger partial charge in [-0.05, 0) is 41.1 Å². The fourth-order valence-electron chi connectivity index (χ4n) is 4.04. The van der Waals surface area contributed by atoms with E-state index in [0.717, 1.165) is 0 Å². The molecule has 0 bridgehead atoms. The van der Waals surface area contributed by atoms with Crippen LogP contribution in [0.3, 0.4) is 0 Å². The SMILES string of the molecule is C[Si](C)(C)c1cc2c(nc1F)Oc1ccc(-c3cccnc3F)cc1C21COC(N)=N1. The summed E-state index contributed by atoms with van der Waals surface area (Å²) in [6, 6.07) is 10.3. The maximum atomic E-state index is 14.8. The number of amidine groups is 1. The predicted molar refractivity (Wildman–Crippen MR) is 115 cm³/mol. The molecule has 9 heteroatoms. The standard InChI is InChI=1S/C22H20F2N4O2Si/c1-31(2,3)17-10-15-20(27-19(17)24)30-16-7-6-12(13-5-4-8-26-18(13)23)9-14(16)22(15)11-29-21(25)28-22/h4-10H,11H2,1-3H3,(H2,25,28). The second kappa shape index (κ2) is 6.58. The van der Waals surface area contributed by atoms with E-state index in [2.05, 4.69) is 15.0 Å². The minimum atomic E-state index is -2.06. The van der Waals surface area contributed by atoms with Crippen LogP contribution in [0.1, 0.15) is 11.1 Å². The average molecular weight is 439 g/mol. The minimum absolute atomic E-state index is 0.0237. The third-order valence-electron chi connectivity index (χ3n) is 5.63. The first-order valence-electron chi connectivity index (χ1n) is 9.82. The summed E-state index contributed by atoms with van der Waals surface area (Å²) >= 11 is 0. The molecule has 0 saturated carbocycles. The van der Waals surface area contributed by atoms with Crippen LogP contribution in [0.5, 0.6) is 11.6 Å². The highest BCUT2D eigenvalue weighted by Gasteiger charge is 2.48. The van der Waals surface area contributed by atoms with E-state index in [9.17, 15) is 8.78 Å². The number of ether oxygens (including phenoxy) is 2. The van der Waals surface area contributed by atoms with Crippen LogP contribution in [0.4, 0.5) is 8.78 Å². The van der Waals surface area contributed by atoms with Gasteiger partial charge in [-0.2, -0.15) is 13.8 Å². The smallest absolute Gasteiger partial charge is 0.283 e. The van der Waals surface area contributed by atoms with Crippen molar-refractivity contribution in [1.29, 1.82) is 0 Å². The Hall–Kier alpha value is -3.33. The van der Waals surface area contributed by atoms with Crippen LogP contribution in [0.2, 0.25) is 19.6 Å². The molecule has 2 N–H and O–H groups in total. The summed E-state index contributed by atoms with van der Waals surface area (Å²) in [5.41, 5.74) is 7.05. The highest BCUT2D eigenvalue weighted by atomic mass is 28.3. The highest BCUT2D eigenvalue weighted by Crippen LogP contribution is 2.51. The van der Waals surface area contributed by atoms with Crippen molar-refractivity contribution in [1.82, 2.24) is 9.97 Å². The first-order chi connectivity index (χ1) is 14.7. The lowest BCUT2D eigenvalue weighted by atomic mass is 9.81. The van der Waals surface area contributed by atoms with Gasteiger partial charge in [-0.3, -0.25) is 0 Å². The number of hydrogen-bond donors (Lipinski definition) is 1. The fraction of sp³-hybridized carbons (Fsp3) is 0.227. The van der Waals surface area contributed by atoms with E-state index >= 15 is 0 Å². The van der Waals surface area contributed by atoms with Gasteiger partial charge in [-0.15, -0.1) is 0 Å². The molecule has 1 aromatic carbocycles. The first-order valence-corrected chi connectivity index (χ1v) is 13.3. The third kappa shape index (κ3) is 2.99. The Labute approximate surface area is 178 Å². The molecular weight excluding hydrogens is 418 g/mol. The van der Waals surface area contributed by atoms with E-state index in [-0.39, 0.29) is 18.5 Å². The molecule has 0 aliphatic carbocycles. The number of aliphatic imine (C=N–C) groups is 1. The summed E-state index contributed by atoms with van der Waals surface area (Å²) in [6.07, 6.45) is 1.39. The summed E-state index contributed by atoms with van der Waals surface area (Å²) < 4.78 is 40.7. The number of pyridine rings is 2. The zero-order valence-corrected chi connectivity index (χ0v) is 18.2. The van der Waals surface area contributed by atoms with Crippen LogP contribution >= 0.6 is 0 Å². The molecule has 1 atom stereocenters. The van der Waals surface area contributed by atoms with E-state index < -0.39 is 25.5 Å². The predicted octanol–water partition coefficient (Wildman–Crippen LogP) is 3.66. The maximum Gasteiger partial charge on any atom is 0.283 e. The molecular formula is C22H20F2N4O2Si. The lowest BCUT2D eigenvalue weighted by Crippen LogP contribution is -2.43. The van der Waals surface area contributed by atoms with Crippen molar-refractivity contribution in [2.24, 2.45) is 10.7 Å². The molecule has 6 nitrogen and oxygen atoms in total. The Morgan fingerprint density at radius 2 is 1.87 bits per heavy atom. The van der Waals surface area contributed by atoms with Crippen molar-refractivity contribution < 1.29 is 18.3 Å². The lowest BCUT2D eigenvalue weighted by molar-refractivity contribution is 0.261. The molecule has 2 aromatic heterocycles. The molecule has 2 aliphatic heterocycles. The first kappa shape index (κ1) is 19.6. The minimum Gasteiger partial charge on any atom is -0.462 e. The van der Waals surface area contributed by atoms with Crippen molar-refractivity contribution in [2.75, 3.05) is 6.61 Å². The maximum absolute atomic E-state index is 14.8. The Balaban J connectivity index is 1.77. The number of halogens is 2. The Morgan fingerprint density at radius 1 is 1.06 bits per heavy atom. The topological polar surface area (TPSA) is 82.6 Å². The van der Waals surface area contributed by atoms with E-state index in [1.807, 2.05) is 19.6 Å². The van der Waals surface area contributed by atoms with Crippen molar-refractivity contribution >= 4 is 19.3 Å². The highest BCUT2D eigenvalue weighted by molar-refractivity contribution is 6.88. The molecule has 3 aromatic rings. The molecule has 5 rings (SSSR count). The summed E-state index contributed by atoms with van der Waals surface area (Å²) in [4.78, 5) is 12.5. The van der Waals surface area contributed by atoms with Gasteiger partial charge in [0.1, 0.15) is 12.4 Å². The number of fused-ring (bicyclic) bond motifs is 4. The molecule has 0 radical (unpaired) electrons. The second-order valence-corrected chi connectivity index (χ2v) is 13.7. The molecule has 2 aliphatic rings. The fourth-order valence-corrected chi connectivity index (χ4v) is 5.29. The van der Waals surface area contributed by atoms with Gasteiger partial charge in [0.25, 0.3) is 6.02 Å². The number of nitrogens with zero attached hydrogens (tertiary/aromatic N) is 3. The molecule has 1 unspecified atom stereocenters. The van der Waals surface area contributed by atoms with Gasteiger partial charge in [-0.1, -0.05) is 25.7 Å². The number of hydrogen-bond acceptors (Lipinski definition) is 6. The van der Waals surface area contributed by atoms with Crippen molar-refractivity contribution in [3.05, 3.63) is 65.6 Å². The summed E-state index contributed by atoms with van der Waals surface area (Å²) in [5, 5.41) is 0.563. The largest absolute Gasteiger partial charge is 0.462 e. The number of aromatic nitrogens is 2. The summed E-state index contributed by atoms with van der Waals surface area (Å²) in [6.45, 7) is 6.22. The van der Waals surface area contributed by atoms with Gasteiger partial charge < -0.3 is 15.2 Å². The van der Waals surface area contributed by atoms with Crippen LogP contribution in [0.25, 0.3) is 11.1 Å². The Kier molecular flexibility index (Phi) is 4.17. The van der Waals surface area contributed by atoms with Gasteiger partial charge in [0.2, 0.25) is 17.8 Å². The van der Waals surface area contributed by atoms with Crippen molar-refractivity contribution in [3.63, 3.8) is 0 Å². The van der Waals surface area contributed by atoms with Gasteiger partial charge in [0.15, 0.2) is 5.54 Å². The molecule has 0 amide bonds. The van der Waals surface area contributed by atoms with E-state index in [0.29, 0.717) is 33.2 Å². The van der Waals surface area contributed by atoms with Crippen LogP contribution < -0.4 is 15.7 Å². The van der Waals surface area contributed by atoms with Crippen LogP contribution in [-0.2, 0) is 10.3 Å². The second-order valence-electron chi connectivity index (χ2n) is 8.68. The zero-order valence-electron chi connectivity index (χ0n) is 17.2. The molecule has 0 fully saturated rings. The van der Waals surface area contributed by atoms with Gasteiger partial charge >= 0.3 is 0 Å². The number of benzene rings is 1. The third-order valence-corrected chi connectivity index (χ3v) is 7.59. The Bertz CT molecular complexity index is 1260. The van der Waals surface area contributed by atoms with E-state index in [1.165, 1.54) is 6.20 Å². The van der Waals surface area contributed by atoms with E-state index in [1.54, 1.807) is 36.4 Å². The molecule has 31 heavy (non-hydrogen) atoms. The molecule has 0 saturated heterocycles. The number of rotatable bonds is 2. The van der Waals surface area contributed by atoms with Crippen LogP contribution in [0, 0.1) is 11.9 Å². The van der Waals surface area contributed by atoms with Gasteiger partial charge in [0, 0.05) is 17.3 Å². The monoisotopic (exact) mass is 438 g/mol. The molecule has 158 valence electrons. The summed E-state index contributed by atoms with van der Waals surface area (Å²) in [5.74, 6) is -0.546. The molecule has 4 heterocycles. The van der Waals surface area contributed by atoms with Crippen LogP contribution in [0.15, 0.2) is 47.6 Å². The number of nitrogens with two attached hydrogens (primary N) is 1. The quantitative estimate of drug-likeness (QED) is 0.488. The van der Waals surface area contributed by atoms with Crippen molar-refractivity contribution in [3.8, 4) is 22.8 Å². The zero-order chi connectivity index (χ0) is 22.0. The van der Waals surface area contributed by atoms with Crippen LogP contribution in [-0.4, -0.2) is 30.7 Å². The molecule has 1 spiro atoms. The normalized spacial score (nSPS) is 19.3. The summed E-state index contributed by atoms with van der Waals surface area (Å²) in [7, 11) is -2.06. The van der Waals surface area contributed by atoms with E-state index in [4.69, 9.17) is 15.2 Å². The Morgan fingerprint density at radius 3 is 2.55 bits per heavy atom. The van der Waals surface area contributed by atoms with Gasteiger partial charge in [0.05, 0.1) is 13.6 Å². The van der Waals surface area contributed by atoms with Crippen molar-refractivity contribution in [2.45, 2.75) is 25.2 Å². The van der Waals surface area contributed by atoms with Gasteiger partial charge in [-0.25, -0.2) is 9.98 Å².